The van der Waals surface area contributed by atoms with Crippen molar-refractivity contribution in [3.05, 3.63) is 48.7 Å². The molecule has 2 saturated carbocycles. The summed E-state index contributed by atoms with van der Waals surface area (Å²) < 4.78 is 14.5. The van der Waals surface area contributed by atoms with Crippen molar-refractivity contribution < 1.29 is 8.85 Å². The Bertz CT molecular complexity index is 1120. The van der Waals surface area contributed by atoms with Gasteiger partial charge < -0.3 is 13.8 Å². The third-order valence-corrected chi connectivity index (χ3v) is 22.6. The lowest BCUT2D eigenvalue weighted by atomic mass is 9.40. The molecule has 2 fully saturated rings. The predicted molar refractivity (Wildman–Crippen MR) is 183 cm³/mol. The van der Waals surface area contributed by atoms with Crippen LogP contribution in [0.2, 0.25) is 36.3 Å². The molecule has 1 aromatic carbocycles. The van der Waals surface area contributed by atoms with Crippen molar-refractivity contribution in [2.45, 2.75) is 136 Å². The molecule has 0 unspecified atom stereocenters. The first-order valence-corrected chi connectivity index (χ1v) is 22.1. The zero-order chi connectivity index (χ0) is 30.1. The summed E-state index contributed by atoms with van der Waals surface area (Å²) in [5, 5.41) is 1.32. The van der Waals surface area contributed by atoms with E-state index in [1.807, 2.05) is 0 Å². The molecular formula is C36H61NO2Si2. The molecule has 4 rings (SSSR count). The van der Waals surface area contributed by atoms with Gasteiger partial charge in [-0.2, -0.15) is 0 Å². The van der Waals surface area contributed by atoms with Gasteiger partial charge in [-0.3, -0.25) is 0 Å². The molecule has 2 aliphatic carbocycles. The van der Waals surface area contributed by atoms with E-state index in [-0.39, 0.29) is 22.3 Å². The highest BCUT2D eigenvalue weighted by atomic mass is 28.4. The Kier molecular flexibility index (Phi) is 9.95. The van der Waals surface area contributed by atoms with E-state index < -0.39 is 16.6 Å². The molecule has 0 amide bonds. The molecule has 5 heteroatoms. The molecule has 0 aliphatic heterocycles. The quantitative estimate of drug-likeness (QED) is 0.185. The molecule has 6 atom stereocenters. The maximum Gasteiger partial charge on any atom is 0.192 e. The Balaban J connectivity index is 1.80. The van der Waals surface area contributed by atoms with Crippen LogP contribution in [-0.4, -0.2) is 34.3 Å². The van der Waals surface area contributed by atoms with Crippen molar-refractivity contribution in [1.29, 1.82) is 0 Å². The minimum atomic E-state index is -1.74. The molecule has 1 N–H and O–H groups in total. The standard InChI is InChI=1S/C36H61NO2Si2/c1-11-34(8)31-23-22-29(27-38-40(12-2,13-3)14-4)36(10,32-26-28-20-18-19-21-30(28)37-32)35(31,9)25-24-33(34)39-41(15-5,16-6)17-7/h11,18-21,26,29,31,33,37H,1,12-17,22-25,27H2,2-10H3/t29-,31-,33-,34-,35-,36+/m0/s1. The lowest BCUT2D eigenvalue weighted by molar-refractivity contribution is -0.148. The fourth-order valence-electron chi connectivity index (χ4n) is 9.43. The molecule has 3 nitrogen and oxygen atoms in total. The molecule has 2 aliphatic rings. The zero-order valence-electron chi connectivity index (χ0n) is 28.0. The largest absolute Gasteiger partial charge is 0.417 e. The van der Waals surface area contributed by atoms with Gasteiger partial charge in [0.05, 0.1) is 6.10 Å². The second-order valence-electron chi connectivity index (χ2n) is 14.2. The molecule has 0 saturated heterocycles. The fourth-order valence-corrected chi connectivity index (χ4v) is 15.1. The van der Waals surface area contributed by atoms with Crippen LogP contribution in [-0.2, 0) is 14.3 Å². The molecular weight excluding hydrogens is 535 g/mol. The van der Waals surface area contributed by atoms with Crippen LogP contribution >= 0.6 is 0 Å². The van der Waals surface area contributed by atoms with Gasteiger partial charge in [0.2, 0.25) is 0 Å². The van der Waals surface area contributed by atoms with E-state index in [9.17, 15) is 0 Å². The van der Waals surface area contributed by atoms with Crippen molar-refractivity contribution in [3.8, 4) is 0 Å². The van der Waals surface area contributed by atoms with Crippen molar-refractivity contribution in [1.82, 2.24) is 4.98 Å². The third kappa shape index (κ3) is 5.29. The average molecular weight is 596 g/mol. The summed E-state index contributed by atoms with van der Waals surface area (Å²) in [6, 6.07) is 18.5. The Hall–Kier alpha value is -1.15. The smallest absolute Gasteiger partial charge is 0.192 e. The lowest BCUT2D eigenvalue weighted by Gasteiger charge is -2.66. The Morgan fingerprint density at radius 3 is 2.05 bits per heavy atom. The second kappa shape index (κ2) is 12.5. The summed E-state index contributed by atoms with van der Waals surface area (Å²) in [4.78, 5) is 3.96. The number of H-pyrrole nitrogens is 1. The van der Waals surface area contributed by atoms with Crippen LogP contribution in [0, 0.1) is 22.7 Å². The Morgan fingerprint density at radius 1 is 0.878 bits per heavy atom. The van der Waals surface area contributed by atoms with Gasteiger partial charge in [-0.05, 0) is 96.7 Å². The van der Waals surface area contributed by atoms with Gasteiger partial charge in [-0.15, -0.1) is 6.58 Å². The molecule has 2 aromatic rings. The monoisotopic (exact) mass is 595 g/mol. The topological polar surface area (TPSA) is 34.2 Å². The predicted octanol–water partition coefficient (Wildman–Crippen LogP) is 10.9. The summed E-state index contributed by atoms with van der Waals surface area (Å²) in [6.07, 6.45) is 7.30. The van der Waals surface area contributed by atoms with E-state index in [1.54, 1.807) is 0 Å². The molecule has 1 heterocycles. The van der Waals surface area contributed by atoms with Gasteiger partial charge in [-0.25, -0.2) is 0 Å². The van der Waals surface area contributed by atoms with Crippen molar-refractivity contribution in [2.75, 3.05) is 6.61 Å². The molecule has 0 radical (unpaired) electrons. The summed E-state index contributed by atoms with van der Waals surface area (Å²) in [5.41, 5.74) is 2.68. The van der Waals surface area contributed by atoms with Crippen molar-refractivity contribution >= 4 is 27.5 Å². The zero-order valence-corrected chi connectivity index (χ0v) is 30.0. The van der Waals surface area contributed by atoms with Crippen molar-refractivity contribution in [3.63, 3.8) is 0 Å². The van der Waals surface area contributed by atoms with Crippen LogP contribution < -0.4 is 0 Å². The Labute approximate surface area is 254 Å². The summed E-state index contributed by atoms with van der Waals surface area (Å²) in [7, 11) is -3.43. The number of hydrogen-bond acceptors (Lipinski definition) is 2. The van der Waals surface area contributed by atoms with Crippen LogP contribution in [0.1, 0.15) is 93.7 Å². The maximum atomic E-state index is 7.35. The van der Waals surface area contributed by atoms with Crippen LogP contribution in [0.15, 0.2) is 43.0 Å². The summed E-state index contributed by atoms with van der Waals surface area (Å²) >= 11 is 0. The first-order chi connectivity index (χ1) is 19.5. The van der Waals surface area contributed by atoms with Crippen LogP contribution in [0.5, 0.6) is 0 Å². The van der Waals surface area contributed by atoms with Gasteiger partial charge >= 0.3 is 0 Å². The van der Waals surface area contributed by atoms with Crippen LogP contribution in [0.4, 0.5) is 0 Å². The van der Waals surface area contributed by atoms with E-state index in [1.165, 1.54) is 72.1 Å². The number of benzene rings is 1. The minimum Gasteiger partial charge on any atom is -0.417 e. The first-order valence-electron chi connectivity index (χ1n) is 17.0. The van der Waals surface area contributed by atoms with Gasteiger partial charge in [0.1, 0.15) is 0 Å². The summed E-state index contributed by atoms with van der Waals surface area (Å²) in [6.45, 7) is 27.3. The van der Waals surface area contributed by atoms with Gasteiger partial charge in [0.25, 0.3) is 0 Å². The van der Waals surface area contributed by atoms with Crippen LogP contribution in [0.25, 0.3) is 10.9 Å². The number of nitrogens with one attached hydrogen (secondary N) is 1. The molecule has 41 heavy (non-hydrogen) atoms. The number of hydrogen-bond donors (Lipinski definition) is 1. The SMILES string of the molecule is C=C[C@]1(C)[C@@H](O[Si](CC)(CC)CC)CC[C@@]2(C)[C@H]1CC[C@@H](CO[Si](CC)(CC)CC)[C@]2(C)c1cc2ccccc2[nH]1. The molecule has 0 bridgehead atoms. The number of aromatic amines is 1. The highest BCUT2D eigenvalue weighted by Crippen LogP contribution is 2.67. The van der Waals surface area contributed by atoms with E-state index in [2.05, 4.69) is 110 Å². The summed E-state index contributed by atoms with van der Waals surface area (Å²) in [5.74, 6) is 0.997. The highest BCUT2D eigenvalue weighted by molar-refractivity contribution is 6.74. The minimum absolute atomic E-state index is 0.0334. The van der Waals surface area contributed by atoms with E-state index in [4.69, 9.17) is 8.85 Å². The Morgan fingerprint density at radius 2 is 1.49 bits per heavy atom. The van der Waals surface area contributed by atoms with Crippen molar-refractivity contribution in [2.24, 2.45) is 22.7 Å². The van der Waals surface area contributed by atoms with E-state index in [0.717, 1.165) is 13.0 Å². The molecule has 0 spiro atoms. The number of rotatable bonds is 13. The number of para-hydroxylation sites is 1. The average Bonchev–Trinajstić information content (AvgIpc) is 3.45. The third-order valence-electron chi connectivity index (χ3n) is 13.3. The van der Waals surface area contributed by atoms with E-state index >= 15 is 0 Å². The van der Waals surface area contributed by atoms with Crippen LogP contribution in [0.3, 0.4) is 0 Å². The van der Waals surface area contributed by atoms with Gasteiger partial charge in [0, 0.05) is 28.6 Å². The number of aromatic nitrogens is 1. The van der Waals surface area contributed by atoms with E-state index in [0.29, 0.717) is 11.8 Å². The van der Waals surface area contributed by atoms with Gasteiger partial charge in [0.15, 0.2) is 16.6 Å². The number of fused-ring (bicyclic) bond motifs is 2. The molecule has 1 aromatic heterocycles. The fraction of sp³-hybridized carbons (Fsp3) is 0.722. The normalized spacial score (nSPS) is 32.7. The first kappa shape index (κ1) is 32.8. The van der Waals surface area contributed by atoms with Gasteiger partial charge in [-0.1, -0.05) is 86.6 Å². The molecule has 230 valence electrons. The second-order valence-corrected chi connectivity index (χ2v) is 23.7. The maximum absolute atomic E-state index is 7.35. The lowest BCUT2D eigenvalue weighted by Crippen LogP contribution is -2.64. The highest BCUT2D eigenvalue weighted by Gasteiger charge is 2.65.